The first-order chi connectivity index (χ1) is 20.9. The molecule has 3 aromatic heterocycles. The Morgan fingerprint density at radius 2 is 1.67 bits per heavy atom. The number of amides is 1. The molecule has 5 aromatic rings. The number of rotatable bonds is 7. The highest BCUT2D eigenvalue weighted by atomic mass is 16.5. The third-order valence-electron chi connectivity index (χ3n) is 7.48. The van der Waals surface area contributed by atoms with Crippen molar-refractivity contribution in [2.45, 2.75) is 26.2 Å². The number of ketones is 1. The van der Waals surface area contributed by atoms with E-state index in [0.717, 1.165) is 0 Å². The van der Waals surface area contributed by atoms with Gasteiger partial charge < -0.3 is 19.5 Å². The van der Waals surface area contributed by atoms with E-state index in [-0.39, 0.29) is 17.2 Å². The van der Waals surface area contributed by atoms with Crippen LogP contribution in [0.15, 0.2) is 77.9 Å². The smallest absolute Gasteiger partial charge is 0.268 e. The average Bonchev–Trinajstić information content (AvgIpc) is 3.02. The van der Waals surface area contributed by atoms with E-state index in [4.69, 9.17) is 14.2 Å². The number of hydrogen-bond donors (Lipinski definition) is 1. The maximum Gasteiger partial charge on any atom is 0.268 e. The van der Waals surface area contributed by atoms with Crippen LogP contribution in [0.3, 0.4) is 0 Å². The van der Waals surface area contributed by atoms with Crippen molar-refractivity contribution in [2.75, 3.05) is 19.5 Å². The minimum Gasteiger partial charge on any atom is -0.493 e. The molecule has 3 heterocycles. The summed E-state index contributed by atoms with van der Waals surface area (Å²) < 4.78 is 18.4. The highest BCUT2D eigenvalue weighted by Crippen LogP contribution is 2.37. The third-order valence-corrected chi connectivity index (χ3v) is 7.48. The largest absolute Gasteiger partial charge is 0.493 e. The van der Waals surface area contributed by atoms with Crippen LogP contribution in [0.25, 0.3) is 16.6 Å². The number of ether oxygens (including phenoxy) is 3. The zero-order chi connectivity index (χ0) is 30.1. The van der Waals surface area contributed by atoms with Crippen molar-refractivity contribution in [3.05, 3.63) is 106 Å². The molecule has 10 heteroatoms. The van der Waals surface area contributed by atoms with Gasteiger partial charge in [0.25, 0.3) is 11.5 Å². The Bertz CT molecular complexity index is 1930. The van der Waals surface area contributed by atoms with Crippen LogP contribution >= 0.6 is 0 Å². The lowest BCUT2D eigenvalue weighted by Crippen LogP contribution is -2.35. The lowest BCUT2D eigenvalue weighted by molar-refractivity contribution is 0.0970. The molecule has 0 aliphatic heterocycles. The van der Waals surface area contributed by atoms with Gasteiger partial charge in [-0.15, -0.1) is 0 Å². The van der Waals surface area contributed by atoms with Crippen molar-refractivity contribution in [1.29, 1.82) is 0 Å². The number of Topliss-reactive ketones (excluding diaryl/α,β-unsaturated/α-hetero) is 1. The maximum atomic E-state index is 13.8. The summed E-state index contributed by atoms with van der Waals surface area (Å²) in [6.07, 6.45) is 4.69. The van der Waals surface area contributed by atoms with Crippen LogP contribution in [-0.4, -0.2) is 40.4 Å². The first-order valence-electron chi connectivity index (χ1n) is 13.7. The molecule has 216 valence electrons. The van der Waals surface area contributed by atoms with Crippen LogP contribution in [0.4, 0.5) is 5.82 Å². The molecular weight excluding hydrogens is 548 g/mol. The van der Waals surface area contributed by atoms with Gasteiger partial charge in [0.05, 0.1) is 25.9 Å². The SMILES string of the molecule is COc1cc2nccc(Oc3ccc(NC(=O)c4c(C)c5c(n(-c6ccccc6)c4=O)CCCC5=O)nc3)c2cc1OC. The van der Waals surface area contributed by atoms with E-state index in [1.807, 2.05) is 18.2 Å². The fraction of sp³-hybridized carbons (Fsp3) is 0.182. The summed E-state index contributed by atoms with van der Waals surface area (Å²) in [5, 5.41) is 3.43. The van der Waals surface area contributed by atoms with Crippen LogP contribution in [-0.2, 0) is 6.42 Å². The molecule has 1 aliphatic carbocycles. The number of pyridine rings is 3. The second-order valence-corrected chi connectivity index (χ2v) is 10.0. The molecule has 6 rings (SSSR count). The minimum absolute atomic E-state index is 0.0724. The van der Waals surface area contributed by atoms with Crippen molar-refractivity contribution in [1.82, 2.24) is 14.5 Å². The van der Waals surface area contributed by atoms with Gasteiger partial charge in [-0.05, 0) is 61.7 Å². The molecule has 1 aliphatic rings. The predicted molar refractivity (Wildman–Crippen MR) is 161 cm³/mol. The monoisotopic (exact) mass is 576 g/mol. The summed E-state index contributed by atoms with van der Waals surface area (Å²) in [5.74, 6) is 1.54. The van der Waals surface area contributed by atoms with Gasteiger partial charge in [0.1, 0.15) is 22.9 Å². The molecule has 0 radical (unpaired) electrons. The Morgan fingerprint density at radius 3 is 2.40 bits per heavy atom. The Hall–Kier alpha value is -5.51. The zero-order valence-corrected chi connectivity index (χ0v) is 23.8. The highest BCUT2D eigenvalue weighted by Gasteiger charge is 2.30. The fourth-order valence-electron chi connectivity index (χ4n) is 5.47. The number of aromatic nitrogens is 3. The number of carbonyl (C=O) groups excluding carboxylic acids is 2. The van der Waals surface area contributed by atoms with Crippen LogP contribution < -0.4 is 25.1 Å². The standard InChI is InChI=1S/C33H28N4O6/c1-19-30-24(10-7-11-25(30)38)37(20-8-5-4-6-9-20)33(40)31(19)32(39)36-29-13-12-21(18-35-29)43-26-14-15-34-23-17-28(42-3)27(41-2)16-22(23)26/h4-6,8-9,12-18H,7,10-11H2,1-3H3,(H,35,36,39). The summed E-state index contributed by atoms with van der Waals surface area (Å²) in [6, 6.07) is 17.6. The first kappa shape index (κ1) is 27.6. The first-order valence-corrected chi connectivity index (χ1v) is 13.7. The molecule has 10 nitrogen and oxygen atoms in total. The molecule has 0 bridgehead atoms. The topological polar surface area (TPSA) is 122 Å². The predicted octanol–water partition coefficient (Wildman–Crippen LogP) is 5.67. The number of nitrogens with zero attached hydrogens (tertiary/aromatic N) is 3. The lowest BCUT2D eigenvalue weighted by atomic mass is 9.88. The van der Waals surface area contributed by atoms with Crippen molar-refractivity contribution >= 4 is 28.4 Å². The number of nitrogens with one attached hydrogen (secondary N) is 1. The molecule has 0 atom stereocenters. The molecule has 43 heavy (non-hydrogen) atoms. The molecule has 1 amide bonds. The molecule has 0 saturated carbocycles. The van der Waals surface area contributed by atoms with Crippen LogP contribution in [0.2, 0.25) is 0 Å². The van der Waals surface area contributed by atoms with E-state index in [2.05, 4.69) is 15.3 Å². The normalized spacial score (nSPS) is 12.5. The van der Waals surface area contributed by atoms with Crippen LogP contribution in [0.5, 0.6) is 23.0 Å². The van der Waals surface area contributed by atoms with E-state index in [9.17, 15) is 14.4 Å². The number of methoxy groups -OCH3 is 2. The molecule has 1 N–H and O–H groups in total. The highest BCUT2D eigenvalue weighted by molar-refractivity contribution is 6.08. The summed E-state index contributed by atoms with van der Waals surface area (Å²) in [5.41, 5.74) is 2.15. The lowest BCUT2D eigenvalue weighted by Gasteiger charge is -2.24. The summed E-state index contributed by atoms with van der Waals surface area (Å²) >= 11 is 0. The number of anilines is 1. The van der Waals surface area contributed by atoms with Crippen molar-refractivity contribution < 1.29 is 23.8 Å². The number of hydrogen-bond acceptors (Lipinski definition) is 8. The summed E-state index contributed by atoms with van der Waals surface area (Å²) in [7, 11) is 3.11. The Kier molecular flexibility index (Phi) is 7.33. The van der Waals surface area contributed by atoms with Gasteiger partial charge >= 0.3 is 0 Å². The second kappa shape index (κ2) is 11.4. The van der Waals surface area contributed by atoms with Gasteiger partial charge in [-0.1, -0.05) is 18.2 Å². The van der Waals surface area contributed by atoms with Gasteiger partial charge in [0, 0.05) is 41.0 Å². The van der Waals surface area contributed by atoms with Gasteiger partial charge in [-0.25, -0.2) is 4.98 Å². The van der Waals surface area contributed by atoms with Gasteiger partial charge in [-0.2, -0.15) is 0 Å². The van der Waals surface area contributed by atoms with Gasteiger partial charge in [-0.3, -0.25) is 23.9 Å². The summed E-state index contributed by atoms with van der Waals surface area (Å²) in [4.78, 5) is 49.0. The molecule has 2 aromatic carbocycles. The quantitative estimate of drug-likeness (QED) is 0.263. The Labute approximate surface area is 246 Å². The average molecular weight is 577 g/mol. The number of fused-ring (bicyclic) bond motifs is 2. The number of para-hydroxylation sites is 1. The molecule has 0 saturated heterocycles. The van der Waals surface area contributed by atoms with Crippen molar-refractivity contribution in [3.8, 4) is 28.7 Å². The molecule has 0 unspecified atom stereocenters. The fourth-order valence-corrected chi connectivity index (χ4v) is 5.47. The molecule has 0 spiro atoms. The van der Waals surface area contributed by atoms with Crippen LogP contribution in [0, 0.1) is 6.92 Å². The van der Waals surface area contributed by atoms with Gasteiger partial charge in [0.2, 0.25) is 0 Å². The van der Waals surface area contributed by atoms with E-state index < -0.39 is 11.5 Å². The Morgan fingerprint density at radius 1 is 0.907 bits per heavy atom. The third kappa shape index (κ3) is 5.07. The zero-order valence-electron chi connectivity index (χ0n) is 23.8. The maximum absolute atomic E-state index is 13.8. The molecular formula is C33H28N4O6. The Balaban J connectivity index is 1.30. The number of carbonyl (C=O) groups is 2. The summed E-state index contributed by atoms with van der Waals surface area (Å²) in [6.45, 7) is 1.65. The van der Waals surface area contributed by atoms with E-state index in [0.29, 0.717) is 75.7 Å². The van der Waals surface area contributed by atoms with E-state index in [1.165, 1.54) is 10.8 Å². The van der Waals surface area contributed by atoms with E-state index >= 15 is 0 Å². The number of benzene rings is 2. The van der Waals surface area contributed by atoms with E-state index in [1.54, 1.807) is 69.8 Å². The van der Waals surface area contributed by atoms with Gasteiger partial charge in [0.15, 0.2) is 17.3 Å². The van der Waals surface area contributed by atoms with Crippen molar-refractivity contribution in [3.63, 3.8) is 0 Å². The molecule has 0 fully saturated rings. The second-order valence-electron chi connectivity index (χ2n) is 10.0. The van der Waals surface area contributed by atoms with Crippen molar-refractivity contribution in [2.24, 2.45) is 0 Å². The van der Waals surface area contributed by atoms with Crippen LogP contribution in [0.1, 0.15) is 44.8 Å². The minimum atomic E-state index is -0.643.